The number of hydrazone groups is 1. The van der Waals surface area contributed by atoms with E-state index in [-0.39, 0.29) is 11.5 Å². The predicted molar refractivity (Wildman–Crippen MR) is 89.7 cm³/mol. The zero-order chi connectivity index (χ0) is 15.8. The van der Waals surface area contributed by atoms with Crippen molar-refractivity contribution in [2.75, 3.05) is 0 Å². The summed E-state index contributed by atoms with van der Waals surface area (Å²) in [5.41, 5.74) is 3.50. The maximum absolute atomic E-state index is 13.0. The Balaban J connectivity index is 1.91. The molecule has 5 heteroatoms. The fourth-order valence-corrected chi connectivity index (χ4v) is 3.83. The summed E-state index contributed by atoms with van der Waals surface area (Å²) < 4.78 is 1.84. The summed E-state index contributed by atoms with van der Waals surface area (Å²) in [6.45, 7) is 0.732. The van der Waals surface area contributed by atoms with E-state index in [0.29, 0.717) is 11.3 Å². The largest absolute Gasteiger partial charge is 0.323 e. The molecule has 2 aliphatic rings. The molecule has 23 heavy (non-hydrogen) atoms. The molecule has 2 heterocycles. The topological polar surface area (TPSA) is 73.3 Å². The lowest BCUT2D eigenvalue weighted by Crippen LogP contribution is -2.37. The Morgan fingerprint density at radius 3 is 2.78 bits per heavy atom. The Bertz CT molecular complexity index is 823. The highest BCUT2D eigenvalue weighted by Crippen LogP contribution is 2.32. The van der Waals surface area contributed by atoms with Crippen LogP contribution in [0, 0.1) is 0 Å². The first kappa shape index (κ1) is 14.2. The Morgan fingerprint density at radius 2 is 2.00 bits per heavy atom. The summed E-state index contributed by atoms with van der Waals surface area (Å²) in [6.07, 6.45) is 4.57. The van der Waals surface area contributed by atoms with E-state index in [1.165, 1.54) is 5.56 Å². The quantitative estimate of drug-likeness (QED) is 0.648. The fraction of sp³-hybridized carbons (Fsp3) is 0.389. The van der Waals surface area contributed by atoms with Gasteiger partial charge in [0.25, 0.3) is 5.56 Å². The van der Waals surface area contributed by atoms with E-state index in [4.69, 9.17) is 10.8 Å². The summed E-state index contributed by atoms with van der Waals surface area (Å²) in [7, 11) is 0. The van der Waals surface area contributed by atoms with Crippen LogP contribution in [-0.4, -0.2) is 15.3 Å². The predicted octanol–water partition coefficient (Wildman–Crippen LogP) is 2.17. The number of fused-ring (bicyclic) bond motifs is 2. The Morgan fingerprint density at radius 1 is 1.17 bits per heavy atom. The van der Waals surface area contributed by atoms with Crippen molar-refractivity contribution >= 4 is 5.71 Å². The molecule has 0 amide bonds. The SMILES string of the molecule is NN=C1CCCc2nc3n(c(=O)c21)CCCC3c1ccccc1. The number of aryl methyl sites for hydroxylation is 1. The van der Waals surface area contributed by atoms with Crippen molar-refractivity contribution in [1.82, 2.24) is 9.55 Å². The van der Waals surface area contributed by atoms with E-state index in [1.807, 2.05) is 22.8 Å². The average molecular weight is 308 g/mol. The minimum absolute atomic E-state index is 0.0366. The number of aromatic nitrogens is 2. The molecule has 1 aliphatic heterocycles. The van der Waals surface area contributed by atoms with Gasteiger partial charge in [-0.15, -0.1) is 0 Å². The van der Waals surface area contributed by atoms with Gasteiger partial charge >= 0.3 is 0 Å². The molecule has 1 atom stereocenters. The van der Waals surface area contributed by atoms with Gasteiger partial charge in [-0.1, -0.05) is 30.3 Å². The maximum Gasteiger partial charge on any atom is 0.262 e. The fourth-order valence-electron chi connectivity index (χ4n) is 3.83. The van der Waals surface area contributed by atoms with Crippen LogP contribution >= 0.6 is 0 Å². The second-order valence-electron chi connectivity index (χ2n) is 6.28. The summed E-state index contributed by atoms with van der Waals surface area (Å²) in [6, 6.07) is 10.4. The van der Waals surface area contributed by atoms with Gasteiger partial charge in [-0.25, -0.2) is 4.98 Å². The molecule has 1 aliphatic carbocycles. The first-order valence-electron chi connectivity index (χ1n) is 8.25. The van der Waals surface area contributed by atoms with Crippen LogP contribution in [0.1, 0.15) is 54.2 Å². The molecule has 2 aromatic rings. The second kappa shape index (κ2) is 5.65. The minimum atomic E-state index is 0.0366. The Labute approximate surface area is 134 Å². The van der Waals surface area contributed by atoms with Crippen molar-refractivity contribution in [3.8, 4) is 0 Å². The van der Waals surface area contributed by atoms with Crippen LogP contribution < -0.4 is 11.4 Å². The van der Waals surface area contributed by atoms with Gasteiger partial charge in [0.2, 0.25) is 0 Å². The number of nitrogens with zero attached hydrogens (tertiary/aromatic N) is 3. The molecule has 5 nitrogen and oxygen atoms in total. The van der Waals surface area contributed by atoms with Gasteiger partial charge in [0, 0.05) is 12.5 Å². The smallest absolute Gasteiger partial charge is 0.262 e. The highest BCUT2D eigenvalue weighted by Gasteiger charge is 2.29. The molecule has 1 aromatic heterocycles. The number of hydrogen-bond acceptors (Lipinski definition) is 4. The summed E-state index contributed by atoms with van der Waals surface area (Å²) in [5, 5.41) is 3.84. The van der Waals surface area contributed by atoms with E-state index in [1.54, 1.807) is 0 Å². The Kier molecular flexibility index (Phi) is 3.48. The third kappa shape index (κ3) is 2.27. The van der Waals surface area contributed by atoms with Crippen molar-refractivity contribution in [1.29, 1.82) is 0 Å². The molecule has 1 unspecified atom stereocenters. The second-order valence-corrected chi connectivity index (χ2v) is 6.28. The lowest BCUT2D eigenvalue weighted by Gasteiger charge is -2.29. The monoisotopic (exact) mass is 308 g/mol. The third-order valence-electron chi connectivity index (χ3n) is 4.93. The van der Waals surface area contributed by atoms with Crippen molar-refractivity contribution < 1.29 is 0 Å². The Hall–Kier alpha value is -2.43. The molecule has 118 valence electrons. The van der Waals surface area contributed by atoms with Crippen molar-refractivity contribution in [2.24, 2.45) is 10.9 Å². The average Bonchev–Trinajstić information content (AvgIpc) is 2.61. The zero-order valence-corrected chi connectivity index (χ0v) is 13.0. The zero-order valence-electron chi connectivity index (χ0n) is 13.0. The normalized spacial score (nSPS) is 21.7. The molecule has 0 saturated carbocycles. The molecule has 2 N–H and O–H groups in total. The van der Waals surface area contributed by atoms with Crippen molar-refractivity contribution in [3.05, 3.63) is 63.3 Å². The van der Waals surface area contributed by atoms with Gasteiger partial charge in [0.1, 0.15) is 5.82 Å². The lowest BCUT2D eigenvalue weighted by molar-refractivity contribution is 0.452. The van der Waals surface area contributed by atoms with Crippen molar-refractivity contribution in [2.45, 2.75) is 44.6 Å². The molecular weight excluding hydrogens is 288 g/mol. The van der Waals surface area contributed by atoms with Crippen LogP contribution in [0.5, 0.6) is 0 Å². The standard InChI is InChI=1S/C18H20N4O/c19-21-15-10-4-9-14-16(15)18(23)22-11-5-8-13(17(22)20-14)12-6-2-1-3-7-12/h1-3,6-7,13H,4-5,8-11,19H2. The highest BCUT2D eigenvalue weighted by atomic mass is 16.1. The lowest BCUT2D eigenvalue weighted by atomic mass is 9.89. The number of hydrogen-bond donors (Lipinski definition) is 1. The summed E-state index contributed by atoms with van der Waals surface area (Å²) in [5.74, 6) is 6.60. The number of benzene rings is 1. The van der Waals surface area contributed by atoms with Crippen LogP contribution in [0.3, 0.4) is 0 Å². The van der Waals surface area contributed by atoms with Gasteiger partial charge in [-0.05, 0) is 37.7 Å². The van der Waals surface area contributed by atoms with E-state index >= 15 is 0 Å². The van der Waals surface area contributed by atoms with Crippen LogP contribution in [0.15, 0.2) is 40.2 Å². The molecule has 1 aromatic carbocycles. The number of rotatable bonds is 1. The number of nitrogens with two attached hydrogens (primary N) is 1. The van der Waals surface area contributed by atoms with E-state index in [9.17, 15) is 4.79 Å². The maximum atomic E-state index is 13.0. The van der Waals surface area contributed by atoms with Gasteiger partial charge in [-0.2, -0.15) is 5.10 Å². The molecule has 0 fully saturated rings. The molecule has 0 spiro atoms. The van der Waals surface area contributed by atoms with Crippen molar-refractivity contribution in [3.63, 3.8) is 0 Å². The van der Waals surface area contributed by atoms with E-state index < -0.39 is 0 Å². The molecule has 0 radical (unpaired) electrons. The van der Waals surface area contributed by atoms with E-state index in [2.05, 4.69) is 17.2 Å². The van der Waals surface area contributed by atoms with Gasteiger partial charge < -0.3 is 5.84 Å². The van der Waals surface area contributed by atoms with E-state index in [0.717, 1.165) is 50.2 Å². The van der Waals surface area contributed by atoms with Gasteiger partial charge in [0.15, 0.2) is 0 Å². The summed E-state index contributed by atoms with van der Waals surface area (Å²) in [4.78, 5) is 17.9. The minimum Gasteiger partial charge on any atom is -0.323 e. The van der Waals surface area contributed by atoms with Gasteiger partial charge in [0.05, 0.1) is 17.0 Å². The molecular formula is C18H20N4O. The van der Waals surface area contributed by atoms with Crippen LogP contribution in [0.4, 0.5) is 0 Å². The summed E-state index contributed by atoms with van der Waals surface area (Å²) >= 11 is 0. The van der Waals surface area contributed by atoms with Gasteiger partial charge in [-0.3, -0.25) is 9.36 Å². The highest BCUT2D eigenvalue weighted by molar-refractivity contribution is 6.01. The first-order chi connectivity index (χ1) is 11.3. The van der Waals surface area contributed by atoms with Crippen LogP contribution in [0.25, 0.3) is 0 Å². The molecule has 0 bridgehead atoms. The van der Waals surface area contributed by atoms with Crippen LogP contribution in [0.2, 0.25) is 0 Å². The third-order valence-corrected chi connectivity index (χ3v) is 4.93. The van der Waals surface area contributed by atoms with Crippen LogP contribution in [-0.2, 0) is 13.0 Å². The molecule has 0 saturated heterocycles. The first-order valence-corrected chi connectivity index (χ1v) is 8.25. The molecule has 4 rings (SSSR count).